The summed E-state index contributed by atoms with van der Waals surface area (Å²) in [7, 11) is 0. The van der Waals surface area contributed by atoms with E-state index in [0.29, 0.717) is 33.8 Å². The first-order valence-corrected chi connectivity index (χ1v) is 9.20. The van der Waals surface area contributed by atoms with Crippen LogP contribution in [0.15, 0.2) is 0 Å². The van der Waals surface area contributed by atoms with Crippen LogP contribution in [0.4, 0.5) is 5.00 Å². The maximum atomic E-state index is 12.7. The molecule has 0 aliphatic carbocycles. The summed E-state index contributed by atoms with van der Waals surface area (Å²) >= 11 is 1.17. The highest BCUT2D eigenvalue weighted by molar-refractivity contribution is 7.18. The molecule has 1 fully saturated rings. The number of rotatable bonds is 6. The Labute approximate surface area is 146 Å². The highest BCUT2D eigenvalue weighted by Gasteiger charge is 2.29. The lowest BCUT2D eigenvalue weighted by Crippen LogP contribution is -2.27. The fourth-order valence-electron chi connectivity index (χ4n) is 2.73. The van der Waals surface area contributed by atoms with Crippen molar-refractivity contribution in [3.63, 3.8) is 0 Å². The minimum atomic E-state index is -0.501. The van der Waals surface area contributed by atoms with Crippen molar-refractivity contribution in [3.8, 4) is 0 Å². The van der Waals surface area contributed by atoms with E-state index in [4.69, 9.17) is 4.74 Å². The lowest BCUT2D eigenvalue weighted by atomic mass is 10.1. The van der Waals surface area contributed by atoms with Crippen molar-refractivity contribution in [2.45, 2.75) is 46.5 Å². The number of hydrogen-bond donors (Lipinski definition) is 1. The normalized spacial score (nSPS) is 13.9. The molecule has 1 aliphatic rings. The highest BCUT2D eigenvalue weighted by atomic mass is 32.1. The van der Waals surface area contributed by atoms with Gasteiger partial charge in [0.15, 0.2) is 0 Å². The van der Waals surface area contributed by atoms with E-state index in [0.717, 1.165) is 25.9 Å². The van der Waals surface area contributed by atoms with Crippen LogP contribution in [0.1, 0.15) is 65.1 Å². The third-order valence-electron chi connectivity index (χ3n) is 3.94. The van der Waals surface area contributed by atoms with E-state index >= 15 is 0 Å². The van der Waals surface area contributed by atoms with Gasteiger partial charge in [0.25, 0.3) is 5.91 Å². The lowest BCUT2D eigenvalue weighted by molar-refractivity contribution is -0.116. The molecule has 2 amide bonds. The van der Waals surface area contributed by atoms with Crippen molar-refractivity contribution in [2.75, 3.05) is 25.0 Å². The largest absolute Gasteiger partial charge is 0.462 e. The Kier molecular flexibility index (Phi) is 6.36. The molecule has 1 aromatic rings. The van der Waals surface area contributed by atoms with E-state index in [1.54, 1.807) is 18.7 Å². The molecule has 2 rings (SSSR count). The zero-order valence-electron chi connectivity index (χ0n) is 14.4. The van der Waals surface area contributed by atoms with Crippen molar-refractivity contribution in [1.29, 1.82) is 0 Å². The van der Waals surface area contributed by atoms with Gasteiger partial charge in [-0.3, -0.25) is 9.59 Å². The number of amides is 2. The molecular formula is C17H24N2O4S. The number of nitrogens with zero attached hydrogens (tertiary/aromatic N) is 1. The molecule has 1 aliphatic heterocycles. The van der Waals surface area contributed by atoms with E-state index in [-0.39, 0.29) is 18.4 Å². The molecule has 0 aromatic carbocycles. The number of ether oxygens (including phenoxy) is 1. The van der Waals surface area contributed by atoms with Crippen LogP contribution < -0.4 is 5.32 Å². The average Bonchev–Trinajstić information content (AvgIpc) is 3.15. The smallest absolute Gasteiger partial charge is 0.341 e. The topological polar surface area (TPSA) is 75.7 Å². The van der Waals surface area contributed by atoms with Crippen LogP contribution in [0.5, 0.6) is 0 Å². The SMILES string of the molecule is CCCC(=O)Nc1sc(C(=O)N2CCCC2)c(C)c1C(=O)OCC. The number of carbonyl (C=O) groups excluding carboxylic acids is 3. The van der Waals surface area contributed by atoms with E-state index in [2.05, 4.69) is 5.32 Å². The highest BCUT2D eigenvalue weighted by Crippen LogP contribution is 2.35. The van der Waals surface area contributed by atoms with Gasteiger partial charge in [-0.1, -0.05) is 6.92 Å². The second kappa shape index (κ2) is 8.28. The van der Waals surface area contributed by atoms with Crippen LogP contribution in [0.2, 0.25) is 0 Å². The van der Waals surface area contributed by atoms with E-state index in [1.165, 1.54) is 11.3 Å². The number of carbonyl (C=O) groups is 3. The minimum absolute atomic E-state index is 0.0726. The zero-order chi connectivity index (χ0) is 17.7. The zero-order valence-corrected chi connectivity index (χ0v) is 15.3. The van der Waals surface area contributed by atoms with Crippen LogP contribution in [0, 0.1) is 6.92 Å². The van der Waals surface area contributed by atoms with Gasteiger partial charge in [-0.2, -0.15) is 0 Å². The predicted molar refractivity (Wildman–Crippen MR) is 93.7 cm³/mol. The fraction of sp³-hybridized carbons (Fsp3) is 0.588. The molecule has 2 heterocycles. The summed E-state index contributed by atoms with van der Waals surface area (Å²) in [4.78, 5) is 39.2. The molecule has 0 saturated carbocycles. The van der Waals surface area contributed by atoms with E-state index < -0.39 is 5.97 Å². The van der Waals surface area contributed by atoms with E-state index in [1.807, 2.05) is 6.92 Å². The van der Waals surface area contributed by atoms with Crippen LogP contribution in [-0.2, 0) is 9.53 Å². The molecule has 1 saturated heterocycles. The third kappa shape index (κ3) is 3.95. The van der Waals surface area contributed by atoms with Crippen molar-refractivity contribution in [1.82, 2.24) is 4.90 Å². The molecular weight excluding hydrogens is 328 g/mol. The standard InChI is InChI=1S/C17H24N2O4S/c1-4-8-12(20)18-15-13(17(22)23-5-2)11(3)14(24-15)16(21)19-9-6-7-10-19/h4-10H2,1-3H3,(H,18,20). The van der Waals surface area contributed by atoms with Crippen molar-refractivity contribution < 1.29 is 19.1 Å². The second-order valence-corrected chi connectivity index (χ2v) is 6.80. The molecule has 0 bridgehead atoms. The van der Waals surface area contributed by atoms with Gasteiger partial charge in [0, 0.05) is 19.5 Å². The number of anilines is 1. The molecule has 132 valence electrons. The molecule has 0 radical (unpaired) electrons. The molecule has 1 aromatic heterocycles. The Morgan fingerprint density at radius 1 is 1.21 bits per heavy atom. The van der Waals surface area contributed by atoms with Crippen molar-refractivity contribution >= 4 is 34.1 Å². The van der Waals surface area contributed by atoms with Gasteiger partial charge in [0.2, 0.25) is 5.91 Å². The summed E-state index contributed by atoms with van der Waals surface area (Å²) in [5, 5.41) is 3.17. The summed E-state index contributed by atoms with van der Waals surface area (Å²) in [6.07, 6.45) is 3.08. The van der Waals surface area contributed by atoms with Crippen LogP contribution in [-0.4, -0.2) is 42.4 Å². The Hall–Kier alpha value is -1.89. The Balaban J connectivity index is 2.36. The molecule has 0 unspecified atom stereocenters. The lowest BCUT2D eigenvalue weighted by Gasteiger charge is -2.14. The second-order valence-electron chi connectivity index (χ2n) is 5.78. The maximum absolute atomic E-state index is 12.7. The van der Waals surface area contributed by atoms with Gasteiger partial charge in [0.1, 0.15) is 5.00 Å². The number of hydrogen-bond acceptors (Lipinski definition) is 5. The minimum Gasteiger partial charge on any atom is -0.462 e. The number of likely N-dealkylation sites (tertiary alicyclic amines) is 1. The summed E-state index contributed by atoms with van der Waals surface area (Å²) in [5.74, 6) is -0.737. The first-order valence-electron chi connectivity index (χ1n) is 8.39. The molecule has 7 heteroatoms. The van der Waals surface area contributed by atoms with Gasteiger partial charge < -0.3 is 15.0 Å². The van der Waals surface area contributed by atoms with Gasteiger partial charge >= 0.3 is 5.97 Å². The fourth-order valence-corrected chi connectivity index (χ4v) is 3.91. The Morgan fingerprint density at radius 2 is 1.88 bits per heavy atom. The Bertz CT molecular complexity index is 633. The Morgan fingerprint density at radius 3 is 2.46 bits per heavy atom. The molecule has 1 N–H and O–H groups in total. The molecule has 0 spiro atoms. The molecule has 6 nitrogen and oxygen atoms in total. The number of esters is 1. The van der Waals surface area contributed by atoms with Crippen molar-refractivity contribution in [2.24, 2.45) is 0 Å². The van der Waals surface area contributed by atoms with Crippen LogP contribution in [0.3, 0.4) is 0 Å². The van der Waals surface area contributed by atoms with Crippen molar-refractivity contribution in [3.05, 3.63) is 16.0 Å². The summed E-state index contributed by atoms with van der Waals surface area (Å²) in [5.41, 5.74) is 0.885. The first-order chi connectivity index (χ1) is 11.5. The van der Waals surface area contributed by atoms with Gasteiger partial charge in [-0.05, 0) is 38.7 Å². The van der Waals surface area contributed by atoms with Gasteiger partial charge in [0.05, 0.1) is 17.0 Å². The number of thiophene rings is 1. The quantitative estimate of drug-likeness (QED) is 0.798. The maximum Gasteiger partial charge on any atom is 0.341 e. The van der Waals surface area contributed by atoms with Crippen LogP contribution in [0.25, 0.3) is 0 Å². The average molecular weight is 352 g/mol. The monoisotopic (exact) mass is 352 g/mol. The summed E-state index contributed by atoms with van der Waals surface area (Å²) in [6.45, 7) is 7.09. The number of nitrogens with one attached hydrogen (secondary N) is 1. The molecule has 24 heavy (non-hydrogen) atoms. The van der Waals surface area contributed by atoms with Gasteiger partial charge in [-0.15, -0.1) is 11.3 Å². The van der Waals surface area contributed by atoms with Gasteiger partial charge in [-0.25, -0.2) is 4.79 Å². The third-order valence-corrected chi connectivity index (χ3v) is 5.14. The van der Waals surface area contributed by atoms with E-state index in [9.17, 15) is 14.4 Å². The predicted octanol–water partition coefficient (Wildman–Crippen LogP) is 3.21. The summed E-state index contributed by atoms with van der Waals surface area (Å²) < 4.78 is 5.10. The summed E-state index contributed by atoms with van der Waals surface area (Å²) in [6, 6.07) is 0. The molecule has 0 atom stereocenters. The first kappa shape index (κ1) is 18.4. The van der Waals surface area contributed by atoms with Crippen LogP contribution >= 0.6 is 11.3 Å².